The summed E-state index contributed by atoms with van der Waals surface area (Å²) in [6, 6.07) is 5.65. The van der Waals surface area contributed by atoms with Gasteiger partial charge in [0.05, 0.1) is 30.7 Å². The van der Waals surface area contributed by atoms with Crippen LogP contribution in [0.25, 0.3) is 0 Å². The van der Waals surface area contributed by atoms with Crippen LogP contribution in [0, 0.1) is 23.6 Å². The summed E-state index contributed by atoms with van der Waals surface area (Å²) in [4.78, 5) is 38.4. The Labute approximate surface area is 271 Å². The molecule has 2 aromatic rings. The van der Waals surface area contributed by atoms with E-state index in [9.17, 15) is 45.1 Å². The minimum absolute atomic E-state index is 0.0258. The van der Waals surface area contributed by atoms with Crippen molar-refractivity contribution < 1.29 is 55.0 Å². The van der Waals surface area contributed by atoms with Crippen molar-refractivity contribution in [3.05, 3.63) is 70.6 Å². The maximum absolute atomic E-state index is 13.9. The van der Waals surface area contributed by atoms with Crippen LogP contribution in [-0.4, -0.2) is 54.8 Å². The number of methoxy groups -OCH3 is 1. The summed E-state index contributed by atoms with van der Waals surface area (Å²) in [5, 5.41) is 17.1. The summed E-state index contributed by atoms with van der Waals surface area (Å²) >= 11 is 0. The predicted molar refractivity (Wildman–Crippen MR) is 159 cm³/mol. The second-order valence-corrected chi connectivity index (χ2v) is 12.5. The maximum atomic E-state index is 13.9. The number of carboxylic acid groups (broad SMARTS) is 1. The lowest BCUT2D eigenvalue weighted by atomic mass is 9.80. The molecule has 0 radical (unpaired) electrons. The van der Waals surface area contributed by atoms with Gasteiger partial charge < -0.3 is 25.8 Å². The van der Waals surface area contributed by atoms with Crippen LogP contribution < -0.4 is 20.7 Å². The van der Waals surface area contributed by atoms with Crippen molar-refractivity contribution in [3.63, 3.8) is 0 Å². The smallest absolute Gasteiger partial charge is 0.419 e. The number of hydrogen-bond donors (Lipinski definition) is 4. The number of alkyl halides is 6. The van der Waals surface area contributed by atoms with E-state index < -0.39 is 71.0 Å². The van der Waals surface area contributed by atoms with Gasteiger partial charge in [0, 0.05) is 29.8 Å². The van der Waals surface area contributed by atoms with Gasteiger partial charge in [0.2, 0.25) is 5.91 Å². The van der Waals surface area contributed by atoms with E-state index in [2.05, 4.69) is 16.0 Å². The highest BCUT2D eigenvalue weighted by atomic mass is 19.4. The number of halogens is 7. The van der Waals surface area contributed by atoms with Crippen molar-refractivity contribution in [1.29, 1.82) is 0 Å². The zero-order chi connectivity index (χ0) is 35.0. The van der Waals surface area contributed by atoms with E-state index in [1.54, 1.807) is 18.2 Å². The van der Waals surface area contributed by atoms with E-state index >= 15 is 0 Å². The summed E-state index contributed by atoms with van der Waals surface area (Å²) in [5.74, 6) is -7.11. The molecule has 0 aromatic heterocycles. The summed E-state index contributed by atoms with van der Waals surface area (Å²) in [6.45, 7) is -0.193. The number of carboxylic acids is 1. The van der Waals surface area contributed by atoms with Crippen molar-refractivity contribution >= 4 is 23.5 Å². The second kappa shape index (κ2) is 13.8. The highest BCUT2D eigenvalue weighted by Gasteiger charge is 2.56. The third kappa shape index (κ3) is 7.77. The Hall–Kier alpha value is -4.14. The highest BCUT2D eigenvalue weighted by Crippen LogP contribution is 2.54. The van der Waals surface area contributed by atoms with Gasteiger partial charge in [-0.1, -0.05) is 18.1 Å². The molecule has 8 nitrogen and oxygen atoms in total. The van der Waals surface area contributed by atoms with Gasteiger partial charge in [-0.05, 0) is 79.8 Å². The molecule has 48 heavy (non-hydrogen) atoms. The maximum Gasteiger partial charge on any atom is 0.419 e. The molecule has 3 fully saturated rings. The number of carbonyl (C=O) groups is 3. The van der Waals surface area contributed by atoms with Crippen LogP contribution in [0.3, 0.4) is 0 Å². The summed E-state index contributed by atoms with van der Waals surface area (Å²) in [5.41, 5.74) is -1.25. The molecule has 5 rings (SSSR count). The van der Waals surface area contributed by atoms with Crippen LogP contribution in [0.2, 0.25) is 0 Å². The number of carbonyl (C=O) groups excluding carboxylic acids is 2. The number of ether oxygens (including phenoxy) is 1. The largest absolute Gasteiger partial charge is 0.496 e. The van der Waals surface area contributed by atoms with Crippen LogP contribution in [0.1, 0.15) is 65.9 Å². The van der Waals surface area contributed by atoms with Gasteiger partial charge in [0.1, 0.15) is 11.6 Å². The summed E-state index contributed by atoms with van der Waals surface area (Å²) in [6.07, 6.45) is -6.25. The van der Waals surface area contributed by atoms with Crippen LogP contribution >= 0.6 is 0 Å². The third-order valence-electron chi connectivity index (χ3n) is 9.52. The Morgan fingerprint density at radius 2 is 1.71 bits per heavy atom. The van der Waals surface area contributed by atoms with E-state index in [0.717, 1.165) is 30.9 Å². The summed E-state index contributed by atoms with van der Waals surface area (Å²) < 4.78 is 100.0. The minimum atomic E-state index is -5.06. The van der Waals surface area contributed by atoms with Gasteiger partial charge in [0.15, 0.2) is 0 Å². The Morgan fingerprint density at radius 3 is 2.38 bits per heavy atom. The highest BCUT2D eigenvalue weighted by molar-refractivity contribution is 5.99. The average Bonchev–Trinajstić information content (AvgIpc) is 3.52. The fraction of sp³-hybridized carbons (Fsp3) is 0.485. The van der Waals surface area contributed by atoms with E-state index in [-0.39, 0.29) is 54.3 Å². The van der Waals surface area contributed by atoms with Gasteiger partial charge in [-0.15, -0.1) is 0 Å². The van der Waals surface area contributed by atoms with E-state index in [0.29, 0.717) is 18.6 Å². The number of anilines is 1. The molecule has 15 heteroatoms. The van der Waals surface area contributed by atoms with Gasteiger partial charge in [-0.25, -0.2) is 4.39 Å². The molecule has 2 bridgehead atoms. The van der Waals surface area contributed by atoms with E-state index in [1.165, 1.54) is 7.11 Å². The lowest BCUT2D eigenvalue weighted by molar-refractivity contribution is -0.140. The van der Waals surface area contributed by atoms with Crippen molar-refractivity contribution in [2.24, 2.45) is 17.8 Å². The molecule has 0 saturated heterocycles. The number of fused-ring (bicyclic) bond motifs is 2. The Bertz CT molecular complexity index is 1590. The fourth-order valence-corrected chi connectivity index (χ4v) is 7.52. The average molecular weight is 686 g/mol. The number of nitrogens with one attached hydrogen (secondary N) is 3. The number of rotatable bonds is 9. The molecular formula is C33H34F7N3O5. The van der Waals surface area contributed by atoms with Crippen LogP contribution in [0.15, 0.2) is 48.0 Å². The number of aliphatic carboxylic acids is 1. The lowest BCUT2D eigenvalue weighted by Crippen LogP contribution is -2.48. The number of hydrogen-bond acceptors (Lipinski definition) is 5. The first-order chi connectivity index (χ1) is 22.6. The van der Waals surface area contributed by atoms with Crippen LogP contribution in [0.4, 0.5) is 36.4 Å². The van der Waals surface area contributed by atoms with Crippen molar-refractivity contribution in [1.82, 2.24) is 10.6 Å². The molecule has 260 valence electrons. The third-order valence-corrected chi connectivity index (χ3v) is 9.52. The van der Waals surface area contributed by atoms with Gasteiger partial charge in [0.25, 0.3) is 5.91 Å². The molecule has 0 aliphatic heterocycles. The lowest BCUT2D eigenvalue weighted by Gasteiger charge is -2.31. The summed E-state index contributed by atoms with van der Waals surface area (Å²) in [7, 11) is 1.34. The minimum Gasteiger partial charge on any atom is -0.496 e. The first kappa shape index (κ1) is 35.2. The Morgan fingerprint density at radius 1 is 0.979 bits per heavy atom. The van der Waals surface area contributed by atoms with Gasteiger partial charge >= 0.3 is 18.3 Å². The standard InChI is InChI=1S/C33H34F7N3O5/c1-48-26-10-5-17(16-3-2-4-18(11-16)41-15-27(44)45)12-22(26)30(46)43-29-21-8-7-20(23(21)14-32(35,36)37)28(29)31(47)42-19-6-9-25(34)24(13-19)33(38,39)40/h5-6,9-10,12-14,16,18,20-21,28-29,41H,2-4,7-8,11,15H2,1H3,(H,42,47)(H,43,46)(H,44,45)/b23-14-/t16?,18?,20-,21+,28-,29+/m0/s1. The molecular weight excluding hydrogens is 651 g/mol. The Kier molecular flexibility index (Phi) is 10.1. The molecule has 3 aliphatic carbocycles. The van der Waals surface area contributed by atoms with E-state index in [4.69, 9.17) is 9.84 Å². The molecule has 0 spiro atoms. The molecule has 2 amide bonds. The van der Waals surface area contributed by atoms with Gasteiger partial charge in [-0.3, -0.25) is 14.4 Å². The van der Waals surface area contributed by atoms with Crippen LogP contribution in [-0.2, 0) is 15.8 Å². The molecule has 0 heterocycles. The normalized spacial score (nSPS) is 26.4. The monoisotopic (exact) mass is 685 g/mol. The Balaban J connectivity index is 1.42. The van der Waals surface area contributed by atoms with Gasteiger partial charge in [-0.2, -0.15) is 26.3 Å². The number of allylic oxidation sites excluding steroid dienone is 1. The molecule has 3 aliphatic rings. The van der Waals surface area contributed by atoms with E-state index in [1.807, 2.05) is 0 Å². The SMILES string of the molecule is COc1ccc(C2CCCC(NCC(=O)O)C2)cc1C(=O)N[C@H]1[C@@H](C(=O)Nc2ccc(F)c(C(F)(F)F)c2)[C@H]2CC[C@@H]1/C2=C\C(F)(F)F. The fourth-order valence-electron chi connectivity index (χ4n) is 7.52. The molecule has 6 atom stereocenters. The molecule has 2 unspecified atom stereocenters. The zero-order valence-electron chi connectivity index (χ0n) is 25.7. The first-order valence-electron chi connectivity index (χ1n) is 15.5. The number of amides is 2. The van der Waals surface area contributed by atoms with Crippen LogP contribution in [0.5, 0.6) is 5.75 Å². The molecule has 2 aromatic carbocycles. The van der Waals surface area contributed by atoms with Crippen molar-refractivity contribution in [2.45, 2.75) is 68.9 Å². The topological polar surface area (TPSA) is 117 Å². The first-order valence-corrected chi connectivity index (χ1v) is 15.5. The predicted octanol–water partition coefficient (Wildman–Crippen LogP) is 6.44. The van der Waals surface area contributed by atoms with Crippen molar-refractivity contribution in [3.8, 4) is 5.75 Å². The molecule has 3 saturated carbocycles. The van der Waals surface area contributed by atoms with Crippen molar-refractivity contribution in [2.75, 3.05) is 19.0 Å². The second-order valence-electron chi connectivity index (χ2n) is 12.5. The zero-order valence-corrected chi connectivity index (χ0v) is 25.7. The quantitative estimate of drug-likeness (QED) is 0.179. The molecule has 4 N–H and O–H groups in total. The number of benzene rings is 2.